The summed E-state index contributed by atoms with van der Waals surface area (Å²) in [5, 5.41) is 2.88. The first-order chi connectivity index (χ1) is 10.7. The van der Waals surface area contributed by atoms with E-state index in [1.54, 1.807) is 26.4 Å². The number of amides is 1. The molecular weight excluding hydrogens is 346 g/mol. The first kappa shape index (κ1) is 16.5. The number of nitrogens with one attached hydrogen (secondary N) is 1. The van der Waals surface area contributed by atoms with Crippen molar-refractivity contribution in [1.82, 2.24) is 5.32 Å². The van der Waals surface area contributed by atoms with Crippen LogP contribution in [0.4, 0.5) is 0 Å². The molecule has 1 N–H and O–H groups in total. The van der Waals surface area contributed by atoms with E-state index in [-0.39, 0.29) is 12.0 Å². The van der Waals surface area contributed by atoms with Gasteiger partial charge in [-0.05, 0) is 30.3 Å². The van der Waals surface area contributed by atoms with Crippen LogP contribution in [-0.2, 0) is 4.74 Å². The number of rotatable bonds is 6. The van der Waals surface area contributed by atoms with Crippen molar-refractivity contribution < 1.29 is 14.3 Å². The molecule has 0 bridgehead atoms. The summed E-state index contributed by atoms with van der Waals surface area (Å²) < 4.78 is 11.8. The molecule has 0 fully saturated rings. The van der Waals surface area contributed by atoms with Gasteiger partial charge in [0.05, 0.1) is 7.11 Å². The zero-order valence-corrected chi connectivity index (χ0v) is 14.1. The largest absolute Gasteiger partial charge is 0.496 e. The molecule has 0 heterocycles. The number of para-hydroxylation sites is 1. The van der Waals surface area contributed by atoms with Crippen LogP contribution in [0.3, 0.4) is 0 Å². The van der Waals surface area contributed by atoms with Crippen molar-refractivity contribution in [3.63, 3.8) is 0 Å². The van der Waals surface area contributed by atoms with Crippen LogP contribution in [-0.4, -0.2) is 26.7 Å². The molecule has 0 saturated carbocycles. The fourth-order valence-corrected chi connectivity index (χ4v) is 2.41. The molecule has 1 atom stereocenters. The molecule has 0 aliphatic heterocycles. The van der Waals surface area contributed by atoms with E-state index >= 15 is 0 Å². The molecule has 2 aromatic rings. The van der Waals surface area contributed by atoms with Gasteiger partial charge in [0.2, 0.25) is 0 Å². The molecule has 2 aromatic carbocycles. The predicted molar refractivity (Wildman–Crippen MR) is 89.2 cm³/mol. The fraction of sp³-hybridized carbons (Fsp3) is 0.235. The Morgan fingerprint density at radius 3 is 2.45 bits per heavy atom. The number of methoxy groups -OCH3 is 2. The van der Waals surface area contributed by atoms with Crippen molar-refractivity contribution >= 4 is 21.8 Å². The second-order valence-electron chi connectivity index (χ2n) is 4.68. The number of hydrogen-bond acceptors (Lipinski definition) is 3. The SMILES string of the molecule is COc1ccccc1C(CNC(=O)c1ccc(Br)cc1)OC. The summed E-state index contributed by atoms with van der Waals surface area (Å²) in [7, 11) is 3.23. The lowest BCUT2D eigenvalue weighted by molar-refractivity contribution is 0.0819. The van der Waals surface area contributed by atoms with Gasteiger partial charge in [-0.3, -0.25) is 4.79 Å². The topological polar surface area (TPSA) is 47.6 Å². The first-order valence-corrected chi connectivity index (χ1v) is 7.64. The minimum Gasteiger partial charge on any atom is -0.496 e. The molecule has 4 nitrogen and oxygen atoms in total. The van der Waals surface area contributed by atoms with Gasteiger partial charge in [0, 0.05) is 29.3 Å². The molecule has 22 heavy (non-hydrogen) atoms. The van der Waals surface area contributed by atoms with Gasteiger partial charge < -0.3 is 14.8 Å². The highest BCUT2D eigenvalue weighted by atomic mass is 79.9. The van der Waals surface area contributed by atoms with Crippen molar-refractivity contribution in [3.8, 4) is 5.75 Å². The van der Waals surface area contributed by atoms with Gasteiger partial charge in [0.25, 0.3) is 5.91 Å². The van der Waals surface area contributed by atoms with E-state index in [9.17, 15) is 4.79 Å². The number of ether oxygens (including phenoxy) is 2. The number of benzene rings is 2. The Hall–Kier alpha value is -1.85. The predicted octanol–water partition coefficient (Wildman–Crippen LogP) is 3.58. The van der Waals surface area contributed by atoms with Gasteiger partial charge in [0.1, 0.15) is 11.9 Å². The lowest BCUT2D eigenvalue weighted by Gasteiger charge is -2.19. The summed E-state index contributed by atoms with van der Waals surface area (Å²) in [4.78, 5) is 12.1. The summed E-state index contributed by atoms with van der Waals surface area (Å²) in [6.45, 7) is 0.367. The Balaban J connectivity index is 2.04. The maximum absolute atomic E-state index is 12.1. The fourth-order valence-electron chi connectivity index (χ4n) is 2.14. The molecule has 0 aromatic heterocycles. The van der Waals surface area contributed by atoms with Crippen molar-refractivity contribution in [2.24, 2.45) is 0 Å². The Kier molecular flexibility index (Phi) is 5.98. The summed E-state index contributed by atoms with van der Waals surface area (Å²) >= 11 is 3.35. The van der Waals surface area contributed by atoms with E-state index in [1.165, 1.54) is 0 Å². The van der Waals surface area contributed by atoms with Crippen LogP contribution < -0.4 is 10.1 Å². The second kappa shape index (κ2) is 7.96. The van der Waals surface area contributed by atoms with Crippen molar-refractivity contribution in [1.29, 1.82) is 0 Å². The Labute approximate surface area is 138 Å². The molecular formula is C17H18BrNO3. The molecule has 1 unspecified atom stereocenters. The lowest BCUT2D eigenvalue weighted by atomic mass is 10.1. The molecule has 0 saturated heterocycles. The maximum atomic E-state index is 12.1. The van der Waals surface area contributed by atoms with Crippen LogP contribution >= 0.6 is 15.9 Å². The zero-order chi connectivity index (χ0) is 15.9. The molecule has 0 aliphatic rings. The van der Waals surface area contributed by atoms with Crippen LogP contribution in [0.1, 0.15) is 22.0 Å². The summed E-state index contributed by atoms with van der Waals surface area (Å²) in [5.41, 5.74) is 1.52. The van der Waals surface area contributed by atoms with E-state index in [1.807, 2.05) is 36.4 Å². The monoisotopic (exact) mass is 363 g/mol. The highest BCUT2D eigenvalue weighted by molar-refractivity contribution is 9.10. The third-order valence-electron chi connectivity index (χ3n) is 3.32. The molecule has 116 valence electrons. The van der Waals surface area contributed by atoms with Crippen molar-refractivity contribution in [3.05, 3.63) is 64.1 Å². The average molecular weight is 364 g/mol. The number of halogens is 1. The van der Waals surface area contributed by atoms with Crippen LogP contribution in [0, 0.1) is 0 Å². The second-order valence-corrected chi connectivity index (χ2v) is 5.60. The number of carbonyl (C=O) groups excluding carboxylic acids is 1. The van der Waals surface area contributed by atoms with Gasteiger partial charge in [-0.2, -0.15) is 0 Å². The van der Waals surface area contributed by atoms with Gasteiger partial charge in [-0.25, -0.2) is 0 Å². The lowest BCUT2D eigenvalue weighted by Crippen LogP contribution is -2.29. The molecule has 2 rings (SSSR count). The third-order valence-corrected chi connectivity index (χ3v) is 3.85. The van der Waals surface area contributed by atoms with E-state index in [0.29, 0.717) is 12.1 Å². The number of hydrogen-bond donors (Lipinski definition) is 1. The van der Waals surface area contributed by atoms with E-state index in [4.69, 9.17) is 9.47 Å². The molecule has 5 heteroatoms. The normalized spacial score (nSPS) is 11.8. The molecule has 0 spiro atoms. The Morgan fingerprint density at radius 1 is 1.14 bits per heavy atom. The first-order valence-electron chi connectivity index (χ1n) is 6.85. The molecule has 1 amide bonds. The zero-order valence-electron chi connectivity index (χ0n) is 12.5. The Bertz CT molecular complexity index is 628. The quantitative estimate of drug-likeness (QED) is 0.853. The van der Waals surface area contributed by atoms with Crippen LogP contribution in [0.25, 0.3) is 0 Å². The minimum absolute atomic E-state index is 0.135. The standard InChI is InChI=1S/C17H18BrNO3/c1-21-15-6-4-3-5-14(15)16(22-2)11-19-17(20)12-7-9-13(18)10-8-12/h3-10,16H,11H2,1-2H3,(H,19,20). The van der Waals surface area contributed by atoms with Crippen molar-refractivity contribution in [2.75, 3.05) is 20.8 Å². The minimum atomic E-state index is -0.268. The van der Waals surface area contributed by atoms with Gasteiger partial charge in [-0.1, -0.05) is 34.1 Å². The maximum Gasteiger partial charge on any atom is 0.251 e. The molecule has 0 aliphatic carbocycles. The summed E-state index contributed by atoms with van der Waals surface area (Å²) in [6, 6.07) is 14.8. The average Bonchev–Trinajstić information content (AvgIpc) is 2.56. The van der Waals surface area contributed by atoms with Crippen LogP contribution in [0.5, 0.6) is 5.75 Å². The highest BCUT2D eigenvalue weighted by Crippen LogP contribution is 2.26. The highest BCUT2D eigenvalue weighted by Gasteiger charge is 2.16. The van der Waals surface area contributed by atoms with E-state index in [2.05, 4.69) is 21.2 Å². The van der Waals surface area contributed by atoms with Gasteiger partial charge >= 0.3 is 0 Å². The van der Waals surface area contributed by atoms with Gasteiger partial charge in [0.15, 0.2) is 0 Å². The third kappa shape index (κ3) is 4.08. The molecule has 0 radical (unpaired) electrons. The number of carbonyl (C=O) groups is 1. The Morgan fingerprint density at radius 2 is 1.82 bits per heavy atom. The van der Waals surface area contributed by atoms with E-state index in [0.717, 1.165) is 15.8 Å². The van der Waals surface area contributed by atoms with Gasteiger partial charge in [-0.15, -0.1) is 0 Å². The van der Waals surface area contributed by atoms with Crippen LogP contribution in [0.15, 0.2) is 53.0 Å². The summed E-state index contributed by atoms with van der Waals surface area (Å²) in [5.74, 6) is 0.608. The smallest absolute Gasteiger partial charge is 0.251 e. The summed E-state index contributed by atoms with van der Waals surface area (Å²) in [6.07, 6.45) is -0.268. The van der Waals surface area contributed by atoms with Crippen LogP contribution in [0.2, 0.25) is 0 Å². The van der Waals surface area contributed by atoms with E-state index < -0.39 is 0 Å². The van der Waals surface area contributed by atoms with Crippen molar-refractivity contribution in [2.45, 2.75) is 6.10 Å².